The number of thioether (sulfide) groups is 1. The van der Waals surface area contributed by atoms with Gasteiger partial charge < -0.3 is 40.4 Å². The Kier molecular flexibility index (Phi) is 9.39. The number of ether oxygens (including phenoxy) is 1. The maximum absolute atomic E-state index is 14.8. The smallest absolute Gasteiger partial charge is 0.240 e. The summed E-state index contributed by atoms with van der Waals surface area (Å²) in [4.78, 5) is 34.5. The molecule has 6 rings (SSSR count). The van der Waals surface area contributed by atoms with E-state index in [0.29, 0.717) is 21.1 Å². The second-order valence-electron chi connectivity index (χ2n) is 11.7. The summed E-state index contributed by atoms with van der Waals surface area (Å²) in [5.74, 6) is -0.945. The molecule has 46 heavy (non-hydrogen) atoms. The van der Waals surface area contributed by atoms with Crippen molar-refractivity contribution in [2.75, 3.05) is 6.61 Å². The third kappa shape index (κ3) is 6.14. The fourth-order valence-electron chi connectivity index (χ4n) is 6.24. The lowest BCUT2D eigenvalue weighted by atomic mass is 9.89. The molecule has 2 aliphatic heterocycles. The minimum Gasteiger partial charge on any atom is -0.394 e. The number of aromatic nitrogens is 1. The van der Waals surface area contributed by atoms with Gasteiger partial charge in [-0.1, -0.05) is 59.1 Å². The average molecular weight is 687 g/mol. The van der Waals surface area contributed by atoms with Crippen molar-refractivity contribution < 1.29 is 34.8 Å². The number of rotatable bonds is 8. The first-order valence-electron chi connectivity index (χ1n) is 14.7. The lowest BCUT2D eigenvalue weighted by Crippen LogP contribution is -2.66. The van der Waals surface area contributed by atoms with E-state index in [9.17, 15) is 30.0 Å². The van der Waals surface area contributed by atoms with Crippen LogP contribution in [0.4, 0.5) is 0 Å². The van der Waals surface area contributed by atoms with Gasteiger partial charge in [0.05, 0.1) is 19.1 Å². The van der Waals surface area contributed by atoms with Crippen LogP contribution >= 0.6 is 35.0 Å². The number of hydrogen-bond donors (Lipinski definition) is 6. The van der Waals surface area contributed by atoms with E-state index in [1.165, 1.54) is 11.8 Å². The predicted molar refractivity (Wildman–Crippen MR) is 174 cm³/mol. The molecule has 4 aromatic rings. The molecule has 0 spiro atoms. The van der Waals surface area contributed by atoms with Gasteiger partial charge in [-0.3, -0.25) is 9.59 Å². The Morgan fingerprint density at radius 2 is 1.74 bits per heavy atom. The third-order valence-corrected chi connectivity index (χ3v) is 10.5. The number of fused-ring (bicyclic) bond motifs is 1. The molecule has 3 aromatic carbocycles. The number of nitrogens with one attached hydrogen (secondary N) is 2. The zero-order chi connectivity index (χ0) is 32.7. The fourth-order valence-corrected chi connectivity index (χ4v) is 7.94. The highest BCUT2D eigenvalue weighted by molar-refractivity contribution is 8.01. The van der Waals surface area contributed by atoms with Crippen LogP contribution in [0.1, 0.15) is 29.2 Å². The van der Waals surface area contributed by atoms with E-state index in [2.05, 4.69) is 10.3 Å². The molecule has 7 atom stereocenters. The van der Waals surface area contributed by atoms with E-state index >= 15 is 0 Å². The van der Waals surface area contributed by atoms with Gasteiger partial charge in [-0.15, -0.1) is 11.8 Å². The number of hydrogen-bond acceptors (Lipinski definition) is 8. The molecule has 13 heteroatoms. The van der Waals surface area contributed by atoms with E-state index in [-0.39, 0.29) is 18.9 Å². The number of aliphatic hydroxyl groups excluding tert-OH is 4. The molecule has 7 unspecified atom stereocenters. The SMILES string of the molecule is Cc1ccc(SC2(C(=O)NC3C(O)OC(CO)C(O)C3O)CC(=O)N(Cc3ccc(Cl)cc3)C2c2c[nH]c3cc(Cl)ccc23)cc1. The minimum absolute atomic E-state index is 0.166. The molecule has 3 heterocycles. The second kappa shape index (κ2) is 13.2. The zero-order valence-corrected chi connectivity index (χ0v) is 27.0. The normalized spacial score (nSPS) is 28.2. The summed E-state index contributed by atoms with van der Waals surface area (Å²) in [6.45, 7) is 1.46. The number of benzene rings is 3. The summed E-state index contributed by atoms with van der Waals surface area (Å²) >= 11 is 13.6. The number of aromatic amines is 1. The van der Waals surface area contributed by atoms with Crippen molar-refractivity contribution in [2.24, 2.45) is 0 Å². The van der Waals surface area contributed by atoms with Crippen LogP contribution in [0.15, 0.2) is 77.8 Å². The van der Waals surface area contributed by atoms with Crippen molar-refractivity contribution in [1.29, 1.82) is 0 Å². The average Bonchev–Trinajstić information content (AvgIpc) is 3.56. The molecule has 2 fully saturated rings. The van der Waals surface area contributed by atoms with Gasteiger partial charge in [-0.05, 0) is 48.9 Å². The summed E-state index contributed by atoms with van der Waals surface area (Å²) in [6, 6.07) is 17.7. The molecule has 0 radical (unpaired) electrons. The molecule has 1 aromatic heterocycles. The summed E-state index contributed by atoms with van der Waals surface area (Å²) in [5, 5.41) is 46.3. The van der Waals surface area contributed by atoms with E-state index in [1.54, 1.807) is 35.4 Å². The van der Waals surface area contributed by atoms with E-state index in [0.717, 1.165) is 21.4 Å². The van der Waals surface area contributed by atoms with Gasteiger partial charge in [0.2, 0.25) is 11.8 Å². The van der Waals surface area contributed by atoms with Crippen LogP contribution in [-0.2, 0) is 20.9 Å². The first-order valence-corrected chi connectivity index (χ1v) is 16.3. The summed E-state index contributed by atoms with van der Waals surface area (Å²) in [5.41, 5.74) is 3.19. The largest absolute Gasteiger partial charge is 0.394 e. The Bertz CT molecular complexity index is 1740. The van der Waals surface area contributed by atoms with Gasteiger partial charge in [-0.25, -0.2) is 0 Å². The number of H-pyrrole nitrogens is 1. The monoisotopic (exact) mass is 685 g/mol. The Morgan fingerprint density at radius 1 is 1.04 bits per heavy atom. The number of likely N-dealkylation sites (tertiary alicyclic amines) is 1. The first-order chi connectivity index (χ1) is 22.0. The molecule has 0 bridgehead atoms. The van der Waals surface area contributed by atoms with Gasteiger partial charge in [0, 0.05) is 44.1 Å². The lowest BCUT2D eigenvalue weighted by Gasteiger charge is -2.42. The van der Waals surface area contributed by atoms with Crippen molar-refractivity contribution >= 4 is 57.7 Å². The van der Waals surface area contributed by atoms with Crippen LogP contribution in [0.3, 0.4) is 0 Å². The predicted octanol–water partition coefficient (Wildman–Crippen LogP) is 3.70. The molecule has 242 valence electrons. The highest BCUT2D eigenvalue weighted by atomic mass is 35.5. The highest BCUT2D eigenvalue weighted by Gasteiger charge is 2.59. The Hall–Kier alpha value is -3.13. The van der Waals surface area contributed by atoms with Crippen LogP contribution in [0, 0.1) is 6.92 Å². The maximum atomic E-state index is 14.8. The maximum Gasteiger partial charge on any atom is 0.240 e. The topological polar surface area (TPSA) is 155 Å². The number of aliphatic hydroxyl groups is 4. The van der Waals surface area contributed by atoms with Gasteiger partial charge in [0.25, 0.3) is 0 Å². The fraction of sp³-hybridized carbons (Fsp3) is 0.333. The number of aryl methyl sites for hydroxylation is 1. The molecule has 6 N–H and O–H groups in total. The number of amides is 2. The number of nitrogens with zero attached hydrogens (tertiary/aromatic N) is 1. The van der Waals surface area contributed by atoms with Gasteiger partial charge >= 0.3 is 0 Å². The number of carbonyl (C=O) groups is 2. The van der Waals surface area contributed by atoms with Gasteiger partial charge in [-0.2, -0.15) is 0 Å². The molecule has 0 saturated carbocycles. The molecule has 2 aliphatic rings. The molecule has 10 nitrogen and oxygen atoms in total. The van der Waals surface area contributed by atoms with E-state index < -0.39 is 53.9 Å². The van der Waals surface area contributed by atoms with Crippen molar-refractivity contribution in [3.05, 3.63) is 99.7 Å². The van der Waals surface area contributed by atoms with E-state index in [1.807, 2.05) is 49.4 Å². The lowest BCUT2D eigenvalue weighted by molar-refractivity contribution is -0.254. The molecule has 0 aliphatic carbocycles. The second-order valence-corrected chi connectivity index (χ2v) is 14.0. The standard InChI is InChI=1S/C33H33Cl2N3O7S/c1-17-2-9-21(10-3-17)46-33(32(44)37-27-29(42)28(41)25(16-39)45-31(27)43)13-26(40)38(15-18-4-6-19(34)7-5-18)30(33)23-14-36-24-12-20(35)8-11-22(23)24/h2-12,14,25,27-31,36,39,41-43H,13,15-16H2,1H3,(H,37,44). The molecule has 2 amide bonds. The van der Waals surface area contributed by atoms with Crippen molar-refractivity contribution in [2.45, 2.75) is 66.2 Å². The van der Waals surface area contributed by atoms with Crippen molar-refractivity contribution in [3.8, 4) is 0 Å². The van der Waals surface area contributed by atoms with Gasteiger partial charge in [0.15, 0.2) is 6.29 Å². The Morgan fingerprint density at radius 3 is 2.43 bits per heavy atom. The van der Waals surface area contributed by atoms with Gasteiger partial charge in [0.1, 0.15) is 29.1 Å². The molecule has 2 saturated heterocycles. The Balaban J connectivity index is 1.49. The summed E-state index contributed by atoms with van der Waals surface area (Å²) in [7, 11) is 0. The number of halogens is 2. The highest BCUT2D eigenvalue weighted by Crippen LogP contribution is 2.54. The van der Waals surface area contributed by atoms with Crippen LogP contribution in [0.2, 0.25) is 10.0 Å². The van der Waals surface area contributed by atoms with Crippen LogP contribution < -0.4 is 5.32 Å². The van der Waals surface area contributed by atoms with Crippen molar-refractivity contribution in [3.63, 3.8) is 0 Å². The zero-order valence-electron chi connectivity index (χ0n) is 24.6. The van der Waals surface area contributed by atoms with Crippen LogP contribution in [0.5, 0.6) is 0 Å². The third-order valence-electron chi connectivity index (χ3n) is 8.63. The Labute approximate surface area is 279 Å². The number of carbonyl (C=O) groups excluding carboxylic acids is 2. The quantitative estimate of drug-likeness (QED) is 0.164. The summed E-state index contributed by atoms with van der Waals surface area (Å²) < 4.78 is 3.79. The van der Waals surface area contributed by atoms with Crippen LogP contribution in [0.25, 0.3) is 10.9 Å². The molecular formula is C33H33Cl2N3O7S. The van der Waals surface area contributed by atoms with Crippen molar-refractivity contribution in [1.82, 2.24) is 15.2 Å². The minimum atomic E-state index is -1.74. The first kappa shape index (κ1) is 32.8. The summed E-state index contributed by atoms with van der Waals surface area (Å²) in [6.07, 6.45) is -4.70. The van der Waals surface area contributed by atoms with E-state index in [4.69, 9.17) is 27.9 Å². The molecular weight excluding hydrogens is 653 g/mol. The van der Waals surface area contributed by atoms with Crippen LogP contribution in [-0.4, -0.2) is 84.1 Å².